The van der Waals surface area contributed by atoms with Crippen molar-refractivity contribution in [3.05, 3.63) is 29.8 Å². The summed E-state index contributed by atoms with van der Waals surface area (Å²) in [6, 6.07) is 6.66. The Morgan fingerprint density at radius 2 is 2.26 bits per heavy atom. The van der Waals surface area contributed by atoms with Gasteiger partial charge in [0.1, 0.15) is 5.75 Å². The molecule has 2 N–H and O–H groups in total. The zero-order valence-electron chi connectivity index (χ0n) is 13.4. The summed E-state index contributed by atoms with van der Waals surface area (Å²) < 4.78 is 29.1. The minimum absolute atomic E-state index is 0.164. The maximum Gasteiger partial charge on any atom is 0.387 e. The molecule has 0 spiro atoms. The number of thioether (sulfide) groups is 1. The van der Waals surface area contributed by atoms with E-state index in [0.717, 1.165) is 12.1 Å². The average Bonchev–Trinajstić information content (AvgIpc) is 2.94. The Morgan fingerprint density at radius 1 is 1.43 bits per heavy atom. The van der Waals surface area contributed by atoms with Crippen molar-refractivity contribution in [2.24, 2.45) is 4.99 Å². The van der Waals surface area contributed by atoms with Crippen LogP contribution in [0.3, 0.4) is 0 Å². The number of hydrogen-bond donors (Lipinski definition) is 2. The van der Waals surface area contributed by atoms with E-state index >= 15 is 0 Å². The van der Waals surface area contributed by atoms with Gasteiger partial charge in [-0.05, 0) is 43.2 Å². The zero-order valence-corrected chi connectivity index (χ0v) is 14.3. The first kappa shape index (κ1) is 17.8. The van der Waals surface area contributed by atoms with Crippen molar-refractivity contribution in [1.82, 2.24) is 10.6 Å². The molecule has 0 aliphatic carbocycles. The van der Waals surface area contributed by atoms with E-state index in [0.29, 0.717) is 12.5 Å². The third-order valence-electron chi connectivity index (χ3n) is 3.74. The maximum atomic E-state index is 12.2. The number of aliphatic imine (C=N–C) groups is 1. The van der Waals surface area contributed by atoms with Gasteiger partial charge in [0, 0.05) is 24.9 Å². The Hall–Kier alpha value is -1.50. The highest BCUT2D eigenvalue weighted by Crippen LogP contribution is 2.36. The van der Waals surface area contributed by atoms with Crippen molar-refractivity contribution in [3.63, 3.8) is 0 Å². The molecule has 128 valence electrons. The number of benzene rings is 1. The van der Waals surface area contributed by atoms with E-state index in [-0.39, 0.29) is 10.5 Å². The van der Waals surface area contributed by atoms with Crippen molar-refractivity contribution in [1.29, 1.82) is 0 Å². The van der Waals surface area contributed by atoms with Gasteiger partial charge in [0.15, 0.2) is 5.96 Å². The molecule has 1 unspecified atom stereocenters. The van der Waals surface area contributed by atoms with Crippen LogP contribution >= 0.6 is 11.8 Å². The summed E-state index contributed by atoms with van der Waals surface area (Å²) in [6.45, 7) is 0.795. The molecule has 1 heterocycles. The van der Waals surface area contributed by atoms with Gasteiger partial charge in [-0.25, -0.2) is 0 Å². The van der Waals surface area contributed by atoms with Crippen LogP contribution in [0, 0.1) is 0 Å². The van der Waals surface area contributed by atoms with Crippen LogP contribution < -0.4 is 15.4 Å². The van der Waals surface area contributed by atoms with E-state index in [9.17, 15) is 8.78 Å². The maximum absolute atomic E-state index is 12.2. The molecule has 1 aliphatic heterocycles. The number of nitrogens with zero attached hydrogens (tertiary/aromatic N) is 1. The quantitative estimate of drug-likeness (QED) is 0.615. The van der Waals surface area contributed by atoms with E-state index in [1.165, 1.54) is 24.7 Å². The summed E-state index contributed by atoms with van der Waals surface area (Å²) in [5.74, 6) is 2.08. The second kappa shape index (κ2) is 8.38. The Kier molecular flexibility index (Phi) is 6.50. The van der Waals surface area contributed by atoms with Crippen molar-refractivity contribution in [2.45, 2.75) is 37.7 Å². The molecule has 2 rings (SSSR count). The molecule has 23 heavy (non-hydrogen) atoms. The fraction of sp³-hybridized carbons (Fsp3) is 0.562. The fourth-order valence-electron chi connectivity index (χ4n) is 2.48. The van der Waals surface area contributed by atoms with Gasteiger partial charge in [0.25, 0.3) is 0 Å². The standard InChI is InChI=1S/C16H23F2N3OS/c1-16(7-4-8-23-16)11-21-15(19-2)20-10-12-5-3-6-13(9-12)22-14(17)18/h3,5-6,9,14H,4,7-8,10-11H2,1-2H3,(H2,19,20,21). The van der Waals surface area contributed by atoms with Crippen LogP contribution in [-0.4, -0.2) is 36.7 Å². The molecule has 4 nitrogen and oxygen atoms in total. The first-order valence-electron chi connectivity index (χ1n) is 7.63. The highest BCUT2D eigenvalue weighted by atomic mass is 32.2. The first-order valence-corrected chi connectivity index (χ1v) is 8.61. The number of halogens is 2. The second-order valence-electron chi connectivity index (χ2n) is 5.71. The minimum atomic E-state index is -2.81. The number of rotatable bonds is 6. The predicted molar refractivity (Wildman–Crippen MR) is 91.4 cm³/mol. The lowest BCUT2D eigenvalue weighted by Gasteiger charge is -2.24. The molecule has 1 aliphatic rings. The van der Waals surface area contributed by atoms with Gasteiger partial charge >= 0.3 is 6.61 Å². The highest BCUT2D eigenvalue weighted by molar-refractivity contribution is 8.00. The molecule has 1 atom stereocenters. The van der Waals surface area contributed by atoms with Crippen molar-refractivity contribution < 1.29 is 13.5 Å². The van der Waals surface area contributed by atoms with Crippen LogP contribution in [-0.2, 0) is 6.54 Å². The average molecular weight is 343 g/mol. The molecule has 1 fully saturated rings. The van der Waals surface area contributed by atoms with Crippen LogP contribution in [0.1, 0.15) is 25.3 Å². The smallest absolute Gasteiger partial charge is 0.387 e. The molecule has 0 amide bonds. The Labute approximate surface area is 140 Å². The second-order valence-corrected chi connectivity index (χ2v) is 7.39. The van der Waals surface area contributed by atoms with Gasteiger partial charge in [0.05, 0.1) is 0 Å². The molecule has 0 bridgehead atoms. The van der Waals surface area contributed by atoms with Gasteiger partial charge in [0.2, 0.25) is 0 Å². The van der Waals surface area contributed by atoms with E-state index in [1.807, 2.05) is 17.8 Å². The molecule has 0 aromatic heterocycles. The third kappa shape index (κ3) is 5.89. The summed E-state index contributed by atoms with van der Waals surface area (Å²) in [5.41, 5.74) is 0.854. The summed E-state index contributed by atoms with van der Waals surface area (Å²) in [6.07, 6.45) is 2.46. The summed E-state index contributed by atoms with van der Waals surface area (Å²) in [5, 5.41) is 6.53. The lowest BCUT2D eigenvalue weighted by atomic mass is 10.1. The SMILES string of the molecule is CN=C(NCc1cccc(OC(F)F)c1)NCC1(C)CCCS1. The highest BCUT2D eigenvalue weighted by Gasteiger charge is 2.29. The summed E-state index contributed by atoms with van der Waals surface area (Å²) in [7, 11) is 1.72. The number of guanidine groups is 1. The molecule has 0 saturated carbocycles. The molecule has 1 aromatic rings. The Morgan fingerprint density at radius 3 is 2.91 bits per heavy atom. The largest absolute Gasteiger partial charge is 0.435 e. The molecule has 7 heteroatoms. The van der Waals surface area contributed by atoms with Gasteiger partial charge in [-0.3, -0.25) is 4.99 Å². The summed E-state index contributed by atoms with van der Waals surface area (Å²) >= 11 is 1.99. The van der Waals surface area contributed by atoms with Gasteiger partial charge < -0.3 is 15.4 Å². The van der Waals surface area contributed by atoms with Crippen LogP contribution in [0.5, 0.6) is 5.75 Å². The normalized spacial score (nSPS) is 21.5. The van der Waals surface area contributed by atoms with Crippen molar-refractivity contribution >= 4 is 17.7 Å². The van der Waals surface area contributed by atoms with Crippen LogP contribution in [0.2, 0.25) is 0 Å². The zero-order chi connectivity index (χ0) is 16.7. The lowest BCUT2D eigenvalue weighted by Crippen LogP contribution is -2.43. The van der Waals surface area contributed by atoms with Crippen LogP contribution in [0.15, 0.2) is 29.3 Å². The minimum Gasteiger partial charge on any atom is -0.435 e. The number of ether oxygens (including phenoxy) is 1. The first-order chi connectivity index (χ1) is 11.0. The molecular weight excluding hydrogens is 320 g/mol. The number of hydrogen-bond acceptors (Lipinski definition) is 3. The number of nitrogens with one attached hydrogen (secondary N) is 2. The van der Waals surface area contributed by atoms with Gasteiger partial charge in [-0.1, -0.05) is 12.1 Å². The Bertz CT molecular complexity index is 534. The van der Waals surface area contributed by atoms with E-state index in [2.05, 4.69) is 27.3 Å². The molecule has 0 radical (unpaired) electrons. The topological polar surface area (TPSA) is 45.7 Å². The lowest BCUT2D eigenvalue weighted by molar-refractivity contribution is -0.0498. The van der Waals surface area contributed by atoms with Gasteiger partial charge in [-0.15, -0.1) is 0 Å². The van der Waals surface area contributed by atoms with E-state index in [1.54, 1.807) is 19.2 Å². The number of alkyl halides is 2. The molecular formula is C16H23F2N3OS. The fourth-order valence-corrected chi connectivity index (χ4v) is 3.73. The monoisotopic (exact) mass is 343 g/mol. The predicted octanol–water partition coefficient (Wildman–Crippen LogP) is 3.24. The van der Waals surface area contributed by atoms with Crippen LogP contribution in [0.4, 0.5) is 8.78 Å². The Balaban J connectivity index is 1.83. The van der Waals surface area contributed by atoms with E-state index in [4.69, 9.17) is 0 Å². The third-order valence-corrected chi connectivity index (χ3v) is 5.28. The molecule has 1 aromatic carbocycles. The van der Waals surface area contributed by atoms with Crippen molar-refractivity contribution in [2.75, 3.05) is 19.3 Å². The van der Waals surface area contributed by atoms with Crippen LogP contribution in [0.25, 0.3) is 0 Å². The van der Waals surface area contributed by atoms with E-state index < -0.39 is 6.61 Å². The molecule has 1 saturated heterocycles. The van der Waals surface area contributed by atoms with Crippen molar-refractivity contribution in [3.8, 4) is 5.75 Å². The summed E-state index contributed by atoms with van der Waals surface area (Å²) in [4.78, 5) is 4.20. The van der Waals surface area contributed by atoms with Gasteiger partial charge in [-0.2, -0.15) is 20.5 Å².